The first-order chi connectivity index (χ1) is 14.7. The third-order valence-electron chi connectivity index (χ3n) is 4.95. The van der Waals surface area contributed by atoms with Gasteiger partial charge in [-0.1, -0.05) is 0 Å². The van der Waals surface area contributed by atoms with E-state index in [2.05, 4.69) is 10.2 Å². The number of anilines is 1. The molecule has 0 radical (unpaired) electrons. The van der Waals surface area contributed by atoms with Gasteiger partial charge in [-0.05, 0) is 50.4 Å². The molecule has 1 aliphatic rings. The van der Waals surface area contributed by atoms with Crippen LogP contribution in [-0.4, -0.2) is 67.8 Å². The van der Waals surface area contributed by atoms with Crippen molar-refractivity contribution in [2.45, 2.75) is 17.9 Å². The number of nitro groups is 1. The molecule has 0 aromatic heterocycles. The highest BCUT2D eigenvalue weighted by molar-refractivity contribution is 7.89. The van der Waals surface area contributed by atoms with Crippen molar-refractivity contribution in [2.75, 3.05) is 38.5 Å². The Bertz CT molecular complexity index is 1030. The summed E-state index contributed by atoms with van der Waals surface area (Å²) in [6.07, 6.45) is -0.866. The molecular formula is C20H24N4O6S. The average Bonchev–Trinajstić information content (AvgIpc) is 2.74. The van der Waals surface area contributed by atoms with Gasteiger partial charge in [-0.3, -0.25) is 14.9 Å². The largest absolute Gasteiger partial charge is 0.481 e. The molecule has 1 saturated heterocycles. The van der Waals surface area contributed by atoms with E-state index in [0.29, 0.717) is 37.6 Å². The van der Waals surface area contributed by atoms with Crippen LogP contribution in [0.5, 0.6) is 5.75 Å². The van der Waals surface area contributed by atoms with E-state index in [1.54, 1.807) is 6.92 Å². The maximum absolute atomic E-state index is 12.8. The number of piperazine rings is 1. The first-order valence-electron chi connectivity index (χ1n) is 9.67. The van der Waals surface area contributed by atoms with Crippen LogP contribution >= 0.6 is 0 Å². The number of carbonyl (C=O) groups excluding carboxylic acids is 1. The molecule has 0 bridgehead atoms. The summed E-state index contributed by atoms with van der Waals surface area (Å²) in [7, 11) is -1.62. The smallest absolute Gasteiger partial charge is 0.269 e. The number of rotatable bonds is 7. The first kappa shape index (κ1) is 22.7. The second-order valence-corrected chi connectivity index (χ2v) is 9.17. The van der Waals surface area contributed by atoms with E-state index in [0.717, 1.165) is 0 Å². The van der Waals surface area contributed by atoms with Crippen LogP contribution in [0.1, 0.15) is 6.92 Å². The van der Waals surface area contributed by atoms with Crippen LogP contribution in [0, 0.1) is 10.1 Å². The molecule has 11 heteroatoms. The third-order valence-corrected chi connectivity index (χ3v) is 6.86. The minimum absolute atomic E-state index is 0.0731. The van der Waals surface area contributed by atoms with Crippen molar-refractivity contribution in [3.05, 3.63) is 58.6 Å². The number of nitrogens with one attached hydrogen (secondary N) is 1. The average molecular weight is 449 g/mol. The van der Waals surface area contributed by atoms with E-state index in [-0.39, 0.29) is 10.6 Å². The quantitative estimate of drug-likeness (QED) is 0.507. The highest BCUT2D eigenvalue weighted by atomic mass is 32.2. The van der Waals surface area contributed by atoms with Crippen LogP contribution < -0.4 is 10.1 Å². The summed E-state index contributed by atoms with van der Waals surface area (Å²) >= 11 is 0. The Morgan fingerprint density at radius 1 is 1.06 bits per heavy atom. The maximum Gasteiger partial charge on any atom is 0.269 e. The summed E-state index contributed by atoms with van der Waals surface area (Å²) < 4.78 is 32.5. The number of amides is 1. The predicted octanol–water partition coefficient (Wildman–Crippen LogP) is 1.94. The Kier molecular flexibility index (Phi) is 6.88. The van der Waals surface area contributed by atoms with Crippen molar-refractivity contribution in [2.24, 2.45) is 0 Å². The van der Waals surface area contributed by atoms with E-state index in [4.69, 9.17) is 4.74 Å². The summed E-state index contributed by atoms with van der Waals surface area (Å²) in [6.45, 7) is 3.78. The summed E-state index contributed by atoms with van der Waals surface area (Å²) in [5.41, 5.74) is 0.359. The van der Waals surface area contributed by atoms with Gasteiger partial charge in [0.2, 0.25) is 10.0 Å². The van der Waals surface area contributed by atoms with Gasteiger partial charge in [0.25, 0.3) is 11.6 Å². The summed E-state index contributed by atoms with van der Waals surface area (Å²) in [5, 5.41) is 13.4. The standard InChI is InChI=1S/C20H24N4O6S/c1-15(30-18-7-5-17(6-8-18)24(26)27)20(25)21-16-3-9-19(10-4-16)31(28,29)23-13-11-22(2)12-14-23/h3-10,15H,11-14H2,1-2H3,(H,21,25). The zero-order valence-electron chi connectivity index (χ0n) is 17.2. The molecule has 1 unspecified atom stereocenters. The van der Waals surface area contributed by atoms with Gasteiger partial charge in [-0.2, -0.15) is 4.31 Å². The number of likely N-dealkylation sites (N-methyl/N-ethyl adjacent to an activating group) is 1. The highest BCUT2D eigenvalue weighted by Crippen LogP contribution is 2.21. The van der Waals surface area contributed by atoms with Crippen LogP contribution in [0.15, 0.2) is 53.4 Å². The molecule has 1 heterocycles. The number of sulfonamides is 1. The SMILES string of the molecule is CC(Oc1ccc([N+](=O)[O-])cc1)C(=O)Nc1ccc(S(=O)(=O)N2CCN(C)CC2)cc1. The van der Waals surface area contributed by atoms with Gasteiger partial charge in [0.05, 0.1) is 9.82 Å². The molecule has 10 nitrogen and oxygen atoms in total. The van der Waals surface area contributed by atoms with Gasteiger partial charge < -0.3 is 15.0 Å². The number of nitrogens with zero attached hydrogens (tertiary/aromatic N) is 3. The van der Waals surface area contributed by atoms with Crippen molar-refractivity contribution < 1.29 is 22.9 Å². The molecule has 1 fully saturated rings. The summed E-state index contributed by atoms with van der Waals surface area (Å²) in [4.78, 5) is 24.8. The summed E-state index contributed by atoms with van der Waals surface area (Å²) in [6, 6.07) is 11.4. The molecule has 1 N–H and O–H groups in total. The van der Waals surface area contributed by atoms with Gasteiger partial charge in [0.15, 0.2) is 6.10 Å². The zero-order valence-corrected chi connectivity index (χ0v) is 18.0. The fourth-order valence-corrected chi connectivity index (χ4v) is 4.46. The van der Waals surface area contributed by atoms with Crippen molar-refractivity contribution in [3.8, 4) is 5.75 Å². The second kappa shape index (κ2) is 9.41. The molecular weight excluding hydrogens is 424 g/mol. The fraction of sp³-hybridized carbons (Fsp3) is 0.350. The number of non-ortho nitro benzene ring substituents is 1. The minimum Gasteiger partial charge on any atom is -0.481 e. The lowest BCUT2D eigenvalue weighted by molar-refractivity contribution is -0.384. The molecule has 166 valence electrons. The van der Waals surface area contributed by atoms with Crippen LogP contribution in [0.4, 0.5) is 11.4 Å². The molecule has 3 rings (SSSR count). The number of nitro benzene ring substituents is 1. The maximum atomic E-state index is 12.8. The predicted molar refractivity (Wildman–Crippen MR) is 115 cm³/mol. The van der Waals surface area contributed by atoms with E-state index in [1.165, 1.54) is 52.8 Å². The van der Waals surface area contributed by atoms with Gasteiger partial charge >= 0.3 is 0 Å². The second-order valence-electron chi connectivity index (χ2n) is 7.23. The van der Waals surface area contributed by atoms with Crippen LogP contribution in [0.3, 0.4) is 0 Å². The van der Waals surface area contributed by atoms with Gasteiger partial charge in [-0.25, -0.2) is 8.42 Å². The number of ether oxygens (including phenoxy) is 1. The lowest BCUT2D eigenvalue weighted by Gasteiger charge is -2.31. The third kappa shape index (κ3) is 5.57. The lowest BCUT2D eigenvalue weighted by atomic mass is 10.3. The van der Waals surface area contributed by atoms with Crippen molar-refractivity contribution in [1.29, 1.82) is 0 Å². The van der Waals surface area contributed by atoms with Gasteiger partial charge in [0.1, 0.15) is 5.75 Å². The fourth-order valence-electron chi connectivity index (χ4n) is 3.04. The van der Waals surface area contributed by atoms with E-state index in [1.807, 2.05) is 7.05 Å². The number of benzene rings is 2. The topological polar surface area (TPSA) is 122 Å². The van der Waals surface area contributed by atoms with Crippen molar-refractivity contribution >= 4 is 27.3 Å². The molecule has 0 spiro atoms. The van der Waals surface area contributed by atoms with Crippen LogP contribution in [-0.2, 0) is 14.8 Å². The Labute approximate surface area is 180 Å². The van der Waals surface area contributed by atoms with Crippen LogP contribution in [0.25, 0.3) is 0 Å². The first-order valence-corrected chi connectivity index (χ1v) is 11.1. The van der Waals surface area contributed by atoms with E-state index < -0.39 is 27.0 Å². The molecule has 1 amide bonds. The van der Waals surface area contributed by atoms with E-state index >= 15 is 0 Å². The monoisotopic (exact) mass is 448 g/mol. The van der Waals surface area contributed by atoms with Crippen molar-refractivity contribution in [1.82, 2.24) is 9.21 Å². The number of hydrogen-bond donors (Lipinski definition) is 1. The molecule has 0 saturated carbocycles. The molecule has 1 atom stereocenters. The van der Waals surface area contributed by atoms with Crippen LogP contribution in [0.2, 0.25) is 0 Å². The van der Waals surface area contributed by atoms with E-state index in [9.17, 15) is 23.3 Å². The molecule has 1 aliphatic heterocycles. The zero-order chi connectivity index (χ0) is 22.6. The molecule has 2 aromatic rings. The highest BCUT2D eigenvalue weighted by Gasteiger charge is 2.27. The van der Waals surface area contributed by atoms with Gasteiger partial charge in [0, 0.05) is 44.0 Å². The number of carbonyl (C=O) groups is 1. The molecule has 0 aliphatic carbocycles. The number of hydrogen-bond acceptors (Lipinski definition) is 7. The van der Waals surface area contributed by atoms with Gasteiger partial charge in [-0.15, -0.1) is 0 Å². The minimum atomic E-state index is -3.58. The molecule has 2 aromatic carbocycles. The molecule has 31 heavy (non-hydrogen) atoms. The Hall–Kier alpha value is -3.02. The normalized spacial score (nSPS) is 16.5. The Morgan fingerprint density at radius 2 is 1.65 bits per heavy atom. The lowest BCUT2D eigenvalue weighted by Crippen LogP contribution is -2.46. The van der Waals surface area contributed by atoms with Crippen molar-refractivity contribution in [3.63, 3.8) is 0 Å². The Morgan fingerprint density at radius 3 is 2.19 bits per heavy atom. The Balaban J connectivity index is 1.59. The summed E-state index contributed by atoms with van der Waals surface area (Å²) in [5.74, 6) is -0.116.